The molecule has 5 nitrogen and oxygen atoms in total. The largest absolute Gasteiger partial charge is 0.427 e. The van der Waals surface area contributed by atoms with Crippen LogP contribution in [0.25, 0.3) is 0 Å². The molecule has 0 aromatic heterocycles. The Hall–Kier alpha value is -2.95. The number of cyclic esters (lactones) is 1. The Kier molecular flexibility index (Phi) is 3.23. The predicted octanol–water partition coefficient (Wildman–Crippen LogP) is 2.84. The Morgan fingerprint density at radius 2 is 1.88 bits per heavy atom. The van der Waals surface area contributed by atoms with E-state index in [2.05, 4.69) is 4.99 Å². The van der Waals surface area contributed by atoms with Crippen LogP contribution in [0.3, 0.4) is 0 Å². The van der Waals surface area contributed by atoms with Gasteiger partial charge in [-0.15, -0.1) is 0 Å². The van der Waals surface area contributed by atoms with Gasteiger partial charge in [-0.3, -0.25) is 4.79 Å². The molecule has 24 heavy (non-hydrogen) atoms. The number of carbonyl (C=O) groups excluding carboxylic acids is 2. The molecule has 0 amide bonds. The third-order valence-electron chi connectivity index (χ3n) is 4.34. The van der Waals surface area contributed by atoms with Gasteiger partial charge in [-0.1, -0.05) is 30.3 Å². The predicted molar refractivity (Wildman–Crippen MR) is 86.9 cm³/mol. The number of hydrogen-bond donors (Lipinski definition) is 0. The normalized spacial score (nSPS) is 24.5. The minimum Gasteiger partial charge on any atom is -0.427 e. The summed E-state index contributed by atoms with van der Waals surface area (Å²) in [6.07, 6.45) is 0.634. The van der Waals surface area contributed by atoms with E-state index in [0.717, 1.165) is 11.1 Å². The van der Waals surface area contributed by atoms with Gasteiger partial charge in [0, 0.05) is 18.4 Å². The van der Waals surface area contributed by atoms with E-state index in [0.29, 0.717) is 18.1 Å². The molecule has 1 saturated carbocycles. The lowest BCUT2D eigenvalue weighted by molar-refractivity contribution is -0.136. The highest BCUT2D eigenvalue weighted by Gasteiger charge is 2.65. The van der Waals surface area contributed by atoms with Crippen molar-refractivity contribution < 1.29 is 19.1 Å². The quantitative estimate of drug-likeness (QED) is 0.644. The molecule has 2 aliphatic rings. The first-order valence-corrected chi connectivity index (χ1v) is 7.74. The second-order valence-electron chi connectivity index (χ2n) is 6.02. The van der Waals surface area contributed by atoms with Crippen LogP contribution in [0.5, 0.6) is 5.75 Å². The van der Waals surface area contributed by atoms with Gasteiger partial charge in [0.25, 0.3) is 0 Å². The molecule has 0 N–H and O–H groups in total. The second-order valence-corrected chi connectivity index (χ2v) is 6.02. The molecule has 5 heteroatoms. The van der Waals surface area contributed by atoms with Crippen LogP contribution in [0, 0.1) is 0 Å². The Balaban J connectivity index is 1.57. The highest BCUT2D eigenvalue weighted by Crippen LogP contribution is 2.57. The summed E-state index contributed by atoms with van der Waals surface area (Å²) in [7, 11) is 0. The van der Waals surface area contributed by atoms with Crippen LogP contribution in [0.4, 0.5) is 0 Å². The van der Waals surface area contributed by atoms with Crippen LogP contribution in [0.15, 0.2) is 59.6 Å². The number of benzene rings is 2. The zero-order valence-electron chi connectivity index (χ0n) is 13.1. The van der Waals surface area contributed by atoms with Crippen LogP contribution >= 0.6 is 0 Å². The molecule has 1 fully saturated rings. The maximum Gasteiger partial charge on any atom is 0.341 e. The third-order valence-corrected chi connectivity index (χ3v) is 4.34. The van der Waals surface area contributed by atoms with Crippen LogP contribution in [-0.4, -0.2) is 23.4 Å². The van der Waals surface area contributed by atoms with E-state index in [1.807, 2.05) is 42.5 Å². The maximum atomic E-state index is 12.3. The standard InChI is InChI=1S/C19H15NO4/c1-12(21)23-15-9-7-13(8-10-15)16-11-19(16)18(22)24-17(20-19)14-5-3-2-4-6-14/h2-10,16H,11H2,1H3/t16-,19-/m1/s1. The molecule has 0 radical (unpaired) electrons. The number of carbonyl (C=O) groups is 2. The van der Waals surface area contributed by atoms with Gasteiger partial charge in [0.05, 0.1) is 0 Å². The highest BCUT2D eigenvalue weighted by molar-refractivity contribution is 6.10. The fraction of sp³-hybridized carbons (Fsp3) is 0.211. The number of esters is 2. The fourth-order valence-corrected chi connectivity index (χ4v) is 3.06. The molecule has 1 heterocycles. The second kappa shape index (κ2) is 5.30. The molecule has 2 atom stereocenters. The lowest BCUT2D eigenvalue weighted by Crippen LogP contribution is -2.18. The summed E-state index contributed by atoms with van der Waals surface area (Å²) >= 11 is 0. The number of aliphatic imine (C=N–C) groups is 1. The van der Waals surface area contributed by atoms with Crippen molar-refractivity contribution in [3.63, 3.8) is 0 Å². The number of nitrogens with zero attached hydrogens (tertiary/aromatic N) is 1. The molecule has 2 aromatic carbocycles. The molecule has 120 valence electrons. The van der Waals surface area contributed by atoms with Gasteiger partial charge in [-0.2, -0.15) is 0 Å². The van der Waals surface area contributed by atoms with E-state index in [4.69, 9.17) is 9.47 Å². The molecule has 1 spiro atoms. The fourth-order valence-electron chi connectivity index (χ4n) is 3.06. The first-order valence-electron chi connectivity index (χ1n) is 7.74. The molecule has 4 rings (SSSR count). The van der Waals surface area contributed by atoms with Crippen molar-refractivity contribution in [1.29, 1.82) is 0 Å². The Morgan fingerprint density at radius 1 is 1.17 bits per heavy atom. The Morgan fingerprint density at radius 3 is 2.54 bits per heavy atom. The van der Waals surface area contributed by atoms with Gasteiger partial charge in [-0.05, 0) is 36.2 Å². The number of hydrogen-bond acceptors (Lipinski definition) is 5. The lowest BCUT2D eigenvalue weighted by Gasteiger charge is -2.05. The molecular formula is C19H15NO4. The summed E-state index contributed by atoms with van der Waals surface area (Å²) in [6.45, 7) is 1.36. The summed E-state index contributed by atoms with van der Waals surface area (Å²) in [5, 5.41) is 0. The molecule has 2 aromatic rings. The van der Waals surface area contributed by atoms with Gasteiger partial charge >= 0.3 is 11.9 Å². The van der Waals surface area contributed by atoms with Crippen molar-refractivity contribution in [2.24, 2.45) is 4.99 Å². The van der Waals surface area contributed by atoms with E-state index in [1.165, 1.54) is 6.92 Å². The van der Waals surface area contributed by atoms with E-state index in [9.17, 15) is 9.59 Å². The molecule has 1 aliphatic carbocycles. The van der Waals surface area contributed by atoms with Crippen molar-refractivity contribution >= 4 is 17.8 Å². The minimum absolute atomic E-state index is 0.00223. The smallest absolute Gasteiger partial charge is 0.341 e. The van der Waals surface area contributed by atoms with Crippen LogP contribution in [0.1, 0.15) is 30.4 Å². The molecule has 1 aliphatic heterocycles. The first-order chi connectivity index (χ1) is 11.6. The van der Waals surface area contributed by atoms with Gasteiger partial charge in [0.15, 0.2) is 5.54 Å². The van der Waals surface area contributed by atoms with Crippen LogP contribution < -0.4 is 4.74 Å². The average molecular weight is 321 g/mol. The summed E-state index contributed by atoms with van der Waals surface area (Å²) < 4.78 is 10.4. The first kappa shape index (κ1) is 14.6. The zero-order chi connectivity index (χ0) is 16.7. The molecule has 0 unspecified atom stereocenters. The highest BCUT2D eigenvalue weighted by atomic mass is 16.6. The maximum absolute atomic E-state index is 12.3. The summed E-state index contributed by atoms with van der Waals surface area (Å²) in [5.74, 6) is 0.221. The average Bonchev–Trinajstić information content (AvgIpc) is 3.21. The van der Waals surface area contributed by atoms with Crippen molar-refractivity contribution in [3.8, 4) is 5.75 Å². The SMILES string of the molecule is CC(=O)Oc1ccc([C@H]2C[C@@]23N=C(c2ccccc2)OC3=O)cc1. The minimum atomic E-state index is -0.797. The van der Waals surface area contributed by atoms with Crippen molar-refractivity contribution in [3.05, 3.63) is 65.7 Å². The van der Waals surface area contributed by atoms with Crippen molar-refractivity contribution in [1.82, 2.24) is 0 Å². The van der Waals surface area contributed by atoms with E-state index >= 15 is 0 Å². The lowest BCUT2D eigenvalue weighted by atomic mass is 10.1. The van der Waals surface area contributed by atoms with Gasteiger partial charge < -0.3 is 9.47 Å². The third kappa shape index (κ3) is 2.38. The van der Waals surface area contributed by atoms with Crippen LogP contribution in [0.2, 0.25) is 0 Å². The van der Waals surface area contributed by atoms with Crippen LogP contribution in [-0.2, 0) is 14.3 Å². The van der Waals surface area contributed by atoms with Gasteiger partial charge in [0.2, 0.25) is 5.90 Å². The van der Waals surface area contributed by atoms with Gasteiger partial charge in [0.1, 0.15) is 5.75 Å². The topological polar surface area (TPSA) is 65.0 Å². The van der Waals surface area contributed by atoms with Gasteiger partial charge in [-0.25, -0.2) is 9.79 Å². The van der Waals surface area contributed by atoms with Crippen molar-refractivity contribution in [2.45, 2.75) is 24.8 Å². The molecular weight excluding hydrogens is 306 g/mol. The Labute approximate surface area is 138 Å². The zero-order valence-corrected chi connectivity index (χ0v) is 13.1. The number of rotatable bonds is 3. The molecule has 0 bridgehead atoms. The van der Waals surface area contributed by atoms with Crippen molar-refractivity contribution in [2.75, 3.05) is 0 Å². The number of ether oxygens (including phenoxy) is 2. The Bertz CT molecular complexity index is 841. The summed E-state index contributed by atoms with van der Waals surface area (Å²) in [6, 6.07) is 16.6. The monoisotopic (exact) mass is 321 g/mol. The van der Waals surface area contributed by atoms with E-state index in [1.54, 1.807) is 12.1 Å². The summed E-state index contributed by atoms with van der Waals surface area (Å²) in [5.41, 5.74) is 0.994. The molecule has 0 saturated heterocycles. The summed E-state index contributed by atoms with van der Waals surface area (Å²) in [4.78, 5) is 27.9. The van der Waals surface area contributed by atoms with E-state index in [-0.39, 0.29) is 17.9 Å². The van der Waals surface area contributed by atoms with E-state index < -0.39 is 5.54 Å².